The predicted octanol–water partition coefficient (Wildman–Crippen LogP) is 4.65. The number of morpholine rings is 1. The molecule has 0 aliphatic carbocycles. The quantitative estimate of drug-likeness (QED) is 0.605. The second-order valence-corrected chi connectivity index (χ2v) is 8.56. The van der Waals surface area contributed by atoms with Gasteiger partial charge < -0.3 is 15.0 Å². The zero-order valence-electron chi connectivity index (χ0n) is 18.7. The van der Waals surface area contributed by atoms with Crippen molar-refractivity contribution in [2.24, 2.45) is 5.92 Å². The van der Waals surface area contributed by atoms with Gasteiger partial charge in [-0.3, -0.25) is 9.36 Å². The second kappa shape index (κ2) is 10.1. The zero-order valence-corrected chi connectivity index (χ0v) is 18.7. The maximum atomic E-state index is 12.6. The molecule has 0 amide bonds. The molecular weight excluding hydrogens is 402 g/mol. The lowest BCUT2D eigenvalue weighted by molar-refractivity contribution is 0.122. The molecule has 3 heterocycles. The lowest BCUT2D eigenvalue weighted by atomic mass is 10.1. The van der Waals surface area contributed by atoms with Gasteiger partial charge >= 0.3 is 0 Å². The van der Waals surface area contributed by atoms with Crippen LogP contribution in [-0.2, 0) is 4.74 Å². The standard InChI is InChI=1S/C24H31N5O2.CH4/c1-16(2)18(4)29-22(30)10-7-20-15-25-24(27-23(20)29)26-17(3)19-5-8-21(9-6-19)28-11-13-31-14-12-28;/h5-10,15-18H,11-14H2,1-4H3,(H,25,26,27);1H4/t17-,18-;/m0./s1. The smallest absolute Gasteiger partial charge is 0.252 e. The number of fused-ring (bicyclic) bond motifs is 1. The van der Waals surface area contributed by atoms with Crippen molar-refractivity contribution in [3.8, 4) is 0 Å². The van der Waals surface area contributed by atoms with Gasteiger partial charge in [0.05, 0.1) is 19.3 Å². The normalized spacial score (nSPS) is 16.0. The second-order valence-electron chi connectivity index (χ2n) is 8.56. The lowest BCUT2D eigenvalue weighted by Gasteiger charge is -2.29. The molecule has 0 unspecified atom stereocenters. The van der Waals surface area contributed by atoms with Gasteiger partial charge in [-0.25, -0.2) is 4.98 Å². The van der Waals surface area contributed by atoms with Crippen LogP contribution in [0.4, 0.5) is 11.6 Å². The molecule has 0 bridgehead atoms. The number of hydrogen-bond donors (Lipinski definition) is 1. The molecule has 2 aromatic heterocycles. The van der Waals surface area contributed by atoms with Crippen LogP contribution in [0.25, 0.3) is 11.0 Å². The molecule has 1 aromatic carbocycles. The molecule has 3 aromatic rings. The van der Waals surface area contributed by atoms with E-state index in [0.29, 0.717) is 17.5 Å². The number of rotatable bonds is 6. The third kappa shape index (κ3) is 4.93. The molecule has 1 aliphatic rings. The average molecular weight is 438 g/mol. The van der Waals surface area contributed by atoms with Gasteiger partial charge in [0.25, 0.3) is 5.56 Å². The van der Waals surface area contributed by atoms with Crippen LogP contribution >= 0.6 is 0 Å². The first-order valence-electron chi connectivity index (χ1n) is 11.0. The van der Waals surface area contributed by atoms with E-state index < -0.39 is 0 Å². The molecule has 2 atom stereocenters. The van der Waals surface area contributed by atoms with E-state index in [0.717, 1.165) is 37.3 Å². The Balaban J connectivity index is 0.00000289. The van der Waals surface area contributed by atoms with E-state index >= 15 is 0 Å². The van der Waals surface area contributed by atoms with E-state index in [2.05, 4.69) is 67.2 Å². The van der Waals surface area contributed by atoms with Gasteiger partial charge in [0.15, 0.2) is 0 Å². The summed E-state index contributed by atoms with van der Waals surface area (Å²) in [7, 11) is 0. The van der Waals surface area contributed by atoms with E-state index in [4.69, 9.17) is 9.72 Å². The van der Waals surface area contributed by atoms with Crippen LogP contribution in [0.5, 0.6) is 0 Å². The van der Waals surface area contributed by atoms with Gasteiger partial charge in [0.1, 0.15) is 5.65 Å². The van der Waals surface area contributed by atoms with Gasteiger partial charge in [-0.15, -0.1) is 0 Å². The largest absolute Gasteiger partial charge is 0.378 e. The summed E-state index contributed by atoms with van der Waals surface area (Å²) in [5.41, 5.74) is 3.00. The highest BCUT2D eigenvalue weighted by Crippen LogP contribution is 2.24. The van der Waals surface area contributed by atoms with Crippen molar-refractivity contribution in [3.05, 3.63) is 58.5 Å². The minimum atomic E-state index is -0.0369. The van der Waals surface area contributed by atoms with E-state index in [1.165, 1.54) is 5.69 Å². The molecular formula is C25H35N5O2. The van der Waals surface area contributed by atoms with Gasteiger partial charge in [-0.2, -0.15) is 4.98 Å². The summed E-state index contributed by atoms with van der Waals surface area (Å²) in [6.45, 7) is 11.8. The lowest BCUT2D eigenvalue weighted by Crippen LogP contribution is -2.36. The van der Waals surface area contributed by atoms with Crippen LogP contribution in [-0.4, -0.2) is 40.8 Å². The molecule has 1 fully saturated rings. The topological polar surface area (TPSA) is 72.3 Å². The zero-order chi connectivity index (χ0) is 22.0. The number of hydrogen-bond acceptors (Lipinski definition) is 6. The van der Waals surface area contributed by atoms with E-state index in [-0.39, 0.29) is 25.1 Å². The molecule has 32 heavy (non-hydrogen) atoms. The Morgan fingerprint density at radius 2 is 1.69 bits per heavy atom. The summed E-state index contributed by atoms with van der Waals surface area (Å²) in [5, 5.41) is 4.25. The summed E-state index contributed by atoms with van der Waals surface area (Å²) >= 11 is 0. The Hall–Kier alpha value is -2.93. The van der Waals surface area contributed by atoms with E-state index in [1.807, 2.05) is 0 Å². The van der Waals surface area contributed by atoms with Crippen molar-refractivity contribution in [2.75, 3.05) is 36.5 Å². The molecule has 1 saturated heterocycles. The van der Waals surface area contributed by atoms with E-state index in [1.54, 1.807) is 22.9 Å². The first-order valence-corrected chi connectivity index (χ1v) is 11.0. The number of pyridine rings is 1. The van der Waals surface area contributed by atoms with Crippen molar-refractivity contribution in [1.29, 1.82) is 0 Å². The minimum Gasteiger partial charge on any atom is -0.378 e. The molecule has 0 spiro atoms. The van der Waals surface area contributed by atoms with Crippen LogP contribution in [0, 0.1) is 5.92 Å². The first kappa shape index (κ1) is 23.7. The summed E-state index contributed by atoms with van der Waals surface area (Å²) in [4.78, 5) is 24.1. The Morgan fingerprint density at radius 3 is 2.34 bits per heavy atom. The van der Waals surface area contributed by atoms with Gasteiger partial charge in [-0.05, 0) is 43.5 Å². The average Bonchev–Trinajstić information content (AvgIpc) is 2.79. The van der Waals surface area contributed by atoms with Crippen LogP contribution in [0.3, 0.4) is 0 Å². The fourth-order valence-electron chi connectivity index (χ4n) is 3.87. The molecule has 7 nitrogen and oxygen atoms in total. The number of aromatic nitrogens is 3. The van der Waals surface area contributed by atoms with Gasteiger partial charge in [-0.1, -0.05) is 33.4 Å². The number of nitrogens with one attached hydrogen (secondary N) is 1. The van der Waals surface area contributed by atoms with Gasteiger partial charge in [0.2, 0.25) is 5.95 Å². The molecule has 1 aliphatic heterocycles. The molecule has 1 N–H and O–H groups in total. The summed E-state index contributed by atoms with van der Waals surface area (Å²) in [6, 6.07) is 12.0. The van der Waals surface area contributed by atoms with Crippen molar-refractivity contribution < 1.29 is 4.74 Å². The number of ether oxygens (including phenoxy) is 1. The van der Waals surface area contributed by atoms with Crippen LogP contribution in [0.15, 0.2) is 47.4 Å². The fourth-order valence-corrected chi connectivity index (χ4v) is 3.87. The molecule has 4 rings (SSSR count). The summed E-state index contributed by atoms with van der Waals surface area (Å²) in [6.07, 6.45) is 1.78. The first-order chi connectivity index (χ1) is 14.9. The fraction of sp³-hybridized carbons (Fsp3) is 0.480. The van der Waals surface area contributed by atoms with Crippen LogP contribution < -0.4 is 15.8 Å². The van der Waals surface area contributed by atoms with Crippen molar-refractivity contribution in [2.45, 2.75) is 47.2 Å². The van der Waals surface area contributed by atoms with Crippen molar-refractivity contribution in [3.63, 3.8) is 0 Å². The van der Waals surface area contributed by atoms with Crippen molar-refractivity contribution >= 4 is 22.7 Å². The van der Waals surface area contributed by atoms with Crippen LogP contribution in [0.1, 0.15) is 52.8 Å². The number of anilines is 2. The highest BCUT2D eigenvalue weighted by Gasteiger charge is 2.17. The predicted molar refractivity (Wildman–Crippen MR) is 132 cm³/mol. The van der Waals surface area contributed by atoms with Gasteiger partial charge in [0, 0.05) is 42.5 Å². The molecule has 0 radical (unpaired) electrons. The van der Waals surface area contributed by atoms with Crippen LogP contribution in [0.2, 0.25) is 0 Å². The molecule has 172 valence electrons. The number of benzene rings is 1. The van der Waals surface area contributed by atoms with Crippen molar-refractivity contribution in [1.82, 2.24) is 14.5 Å². The van der Waals surface area contributed by atoms with E-state index in [9.17, 15) is 4.79 Å². The monoisotopic (exact) mass is 437 g/mol. The SMILES string of the molecule is C.CC(C)[C@H](C)n1c(=O)ccc2cnc(N[C@@H](C)c3ccc(N4CCOCC4)cc3)nc21. The highest BCUT2D eigenvalue weighted by atomic mass is 16.5. The molecule has 0 saturated carbocycles. The maximum Gasteiger partial charge on any atom is 0.252 e. The summed E-state index contributed by atoms with van der Waals surface area (Å²) < 4.78 is 7.21. The molecule has 7 heteroatoms. The third-order valence-electron chi connectivity index (χ3n) is 6.15. The number of nitrogens with zero attached hydrogens (tertiary/aromatic N) is 4. The Morgan fingerprint density at radius 1 is 1.00 bits per heavy atom. The maximum absolute atomic E-state index is 12.6. The Labute approximate surface area is 190 Å². The minimum absolute atomic E-state index is 0. The highest BCUT2D eigenvalue weighted by molar-refractivity contribution is 5.75. The third-order valence-corrected chi connectivity index (χ3v) is 6.15. The Bertz CT molecular complexity index is 1090. The summed E-state index contributed by atoms with van der Waals surface area (Å²) in [5.74, 6) is 0.839. The Kier molecular flexibility index (Phi) is 7.51.